The molecule has 0 aromatic rings. The van der Waals surface area contributed by atoms with E-state index in [1.807, 2.05) is 0 Å². The van der Waals surface area contributed by atoms with E-state index in [1.165, 1.54) is 27.0 Å². The molecule has 0 aromatic carbocycles. The number of hydrogen-bond donors (Lipinski definition) is 0. The fourth-order valence-electron chi connectivity index (χ4n) is 0.460. The lowest BCUT2D eigenvalue weighted by Crippen LogP contribution is -1.86. The third-order valence-electron chi connectivity index (χ3n) is 1.06. The van der Waals surface area contributed by atoms with Crippen LogP contribution in [0.1, 0.15) is 6.92 Å². The van der Waals surface area contributed by atoms with Crippen LogP contribution in [0.25, 0.3) is 0 Å². The van der Waals surface area contributed by atoms with Gasteiger partial charge in [0.2, 0.25) is 0 Å². The number of aldehydes is 1. The number of carbonyl (C=O) groups excluding carboxylic acids is 1. The molecule has 64 valence electrons. The molecule has 0 unspecified atom stereocenters. The Morgan fingerprint density at radius 2 is 1.82 bits per heavy atom. The quantitative estimate of drug-likeness (QED) is 0.372. The summed E-state index contributed by atoms with van der Waals surface area (Å²) in [5.41, 5.74) is 0.331. The highest BCUT2D eigenvalue weighted by molar-refractivity contribution is 7.57. The molecule has 0 rings (SSSR count). The molecule has 0 bridgehead atoms. The highest BCUT2D eigenvalue weighted by atomic mass is 31.2. The van der Waals surface area contributed by atoms with Gasteiger partial charge < -0.3 is 9.05 Å². The summed E-state index contributed by atoms with van der Waals surface area (Å²) in [4.78, 5) is 10.1. The van der Waals surface area contributed by atoms with E-state index in [0.717, 1.165) is 0 Å². The van der Waals surface area contributed by atoms with Crippen LogP contribution in [-0.2, 0) is 18.4 Å². The van der Waals surface area contributed by atoms with Gasteiger partial charge in [0.05, 0.1) is 0 Å². The van der Waals surface area contributed by atoms with Crippen LogP contribution in [0.3, 0.4) is 0 Å². The number of hydrogen-bond acceptors (Lipinski definition) is 4. The van der Waals surface area contributed by atoms with E-state index in [9.17, 15) is 9.36 Å². The summed E-state index contributed by atoms with van der Waals surface area (Å²) < 4.78 is 20.4. The zero-order valence-electron chi connectivity index (χ0n) is 6.73. The highest BCUT2D eigenvalue weighted by Gasteiger charge is 2.16. The smallest absolute Gasteiger partial charge is 0.309 e. The Morgan fingerprint density at radius 3 is 2.09 bits per heavy atom. The average Bonchev–Trinajstić information content (AvgIpc) is 2.04. The standard InChI is InChI=1S/C6H11O4P/c1-6(4-7)5-11(8,9-2)10-3/h4-5H,1-3H3/b6-5+. The second-order valence-corrected chi connectivity index (χ2v) is 3.96. The first kappa shape index (κ1) is 10.6. The number of rotatable bonds is 4. The SMILES string of the molecule is COP(=O)(/C=C(\C)C=O)OC. The monoisotopic (exact) mass is 178 g/mol. The van der Waals surface area contributed by atoms with E-state index in [4.69, 9.17) is 0 Å². The van der Waals surface area contributed by atoms with Crippen LogP contribution < -0.4 is 0 Å². The van der Waals surface area contributed by atoms with Crippen LogP contribution >= 0.6 is 7.60 Å². The van der Waals surface area contributed by atoms with Crippen molar-refractivity contribution >= 4 is 13.9 Å². The molecule has 0 aliphatic heterocycles. The third kappa shape index (κ3) is 3.46. The van der Waals surface area contributed by atoms with Crippen LogP contribution in [0.4, 0.5) is 0 Å². The molecule has 0 amide bonds. The van der Waals surface area contributed by atoms with Gasteiger partial charge in [0.1, 0.15) is 6.29 Å². The second kappa shape index (κ2) is 4.44. The van der Waals surface area contributed by atoms with Crippen molar-refractivity contribution in [3.63, 3.8) is 0 Å². The minimum absolute atomic E-state index is 0.331. The average molecular weight is 178 g/mol. The molecule has 0 aromatic heterocycles. The zero-order valence-corrected chi connectivity index (χ0v) is 7.63. The highest BCUT2D eigenvalue weighted by Crippen LogP contribution is 2.48. The van der Waals surface area contributed by atoms with Crippen molar-refractivity contribution in [3.05, 3.63) is 11.4 Å². The number of carbonyl (C=O) groups is 1. The maximum atomic E-state index is 11.2. The molecule has 0 saturated heterocycles. The molecule has 0 atom stereocenters. The van der Waals surface area contributed by atoms with Crippen LogP contribution in [0, 0.1) is 0 Å². The summed E-state index contributed by atoms with van der Waals surface area (Å²) in [6.07, 6.45) is 0.588. The molecular formula is C6H11O4P. The van der Waals surface area contributed by atoms with Gasteiger partial charge in [0, 0.05) is 20.0 Å². The van der Waals surface area contributed by atoms with Crippen molar-refractivity contribution in [2.75, 3.05) is 14.2 Å². The van der Waals surface area contributed by atoms with Crippen molar-refractivity contribution < 1.29 is 18.4 Å². The second-order valence-electron chi connectivity index (χ2n) is 1.90. The maximum absolute atomic E-state index is 11.2. The van der Waals surface area contributed by atoms with E-state index < -0.39 is 7.60 Å². The molecule has 0 saturated carbocycles. The van der Waals surface area contributed by atoms with Crippen molar-refractivity contribution in [1.29, 1.82) is 0 Å². The van der Waals surface area contributed by atoms with Gasteiger partial charge >= 0.3 is 7.60 Å². The zero-order chi connectivity index (χ0) is 8.91. The van der Waals surface area contributed by atoms with Crippen molar-refractivity contribution in [2.24, 2.45) is 0 Å². The van der Waals surface area contributed by atoms with Crippen molar-refractivity contribution in [1.82, 2.24) is 0 Å². The van der Waals surface area contributed by atoms with Gasteiger partial charge in [-0.15, -0.1) is 0 Å². The first-order valence-electron chi connectivity index (χ1n) is 2.94. The molecule has 4 nitrogen and oxygen atoms in total. The van der Waals surface area contributed by atoms with E-state index in [0.29, 0.717) is 11.9 Å². The molecule has 0 aliphatic rings. The summed E-state index contributed by atoms with van der Waals surface area (Å²) in [5, 5.41) is 0. The Kier molecular flexibility index (Phi) is 4.26. The lowest BCUT2D eigenvalue weighted by atomic mass is 10.4. The number of allylic oxidation sites excluding steroid dienone is 1. The largest absolute Gasteiger partial charge is 0.354 e. The van der Waals surface area contributed by atoms with Crippen molar-refractivity contribution in [3.8, 4) is 0 Å². The summed E-state index contributed by atoms with van der Waals surface area (Å²) >= 11 is 0. The van der Waals surface area contributed by atoms with E-state index in [1.54, 1.807) is 0 Å². The Hall–Kier alpha value is -0.440. The minimum Gasteiger partial charge on any atom is -0.309 e. The predicted octanol–water partition coefficient (Wildman–Crippen LogP) is 1.57. The third-order valence-corrected chi connectivity index (χ3v) is 2.80. The Labute approximate surface area is 65.7 Å². The van der Waals surface area contributed by atoms with Gasteiger partial charge in [-0.2, -0.15) is 0 Å². The first-order chi connectivity index (χ1) is 5.08. The maximum Gasteiger partial charge on any atom is 0.354 e. The Bertz CT molecular complexity index is 201. The van der Waals surface area contributed by atoms with E-state index in [2.05, 4.69) is 9.05 Å². The Morgan fingerprint density at radius 1 is 1.36 bits per heavy atom. The fourth-order valence-corrected chi connectivity index (χ4v) is 1.38. The van der Waals surface area contributed by atoms with Crippen molar-refractivity contribution in [2.45, 2.75) is 6.92 Å². The van der Waals surface area contributed by atoms with Crippen LogP contribution in [0.5, 0.6) is 0 Å². The van der Waals surface area contributed by atoms with Crippen LogP contribution in [0.2, 0.25) is 0 Å². The molecular weight excluding hydrogens is 167 g/mol. The molecule has 0 fully saturated rings. The predicted molar refractivity (Wildman–Crippen MR) is 41.4 cm³/mol. The molecule has 0 N–H and O–H groups in total. The molecule has 0 heterocycles. The van der Waals surface area contributed by atoms with Gasteiger partial charge in [-0.25, -0.2) is 0 Å². The van der Waals surface area contributed by atoms with E-state index in [-0.39, 0.29) is 0 Å². The summed E-state index contributed by atoms with van der Waals surface area (Å²) in [6.45, 7) is 1.53. The van der Waals surface area contributed by atoms with Crippen LogP contribution in [0.15, 0.2) is 11.4 Å². The Balaban J connectivity index is 4.54. The lowest BCUT2D eigenvalue weighted by molar-refractivity contribution is -0.104. The normalized spacial score (nSPS) is 13.2. The molecule has 0 spiro atoms. The van der Waals surface area contributed by atoms with Gasteiger partial charge in [-0.1, -0.05) is 0 Å². The molecule has 0 radical (unpaired) electrons. The fraction of sp³-hybridized carbons (Fsp3) is 0.500. The lowest BCUT2D eigenvalue weighted by Gasteiger charge is -2.07. The molecule has 0 aliphatic carbocycles. The topological polar surface area (TPSA) is 52.6 Å². The summed E-state index contributed by atoms with van der Waals surface area (Å²) in [6, 6.07) is 0. The van der Waals surface area contributed by atoms with Gasteiger partial charge in [-0.3, -0.25) is 9.36 Å². The van der Waals surface area contributed by atoms with Gasteiger partial charge in [-0.05, 0) is 12.5 Å². The van der Waals surface area contributed by atoms with Gasteiger partial charge in [0.25, 0.3) is 0 Å². The minimum atomic E-state index is -3.15. The van der Waals surface area contributed by atoms with Gasteiger partial charge in [0.15, 0.2) is 0 Å². The summed E-state index contributed by atoms with van der Waals surface area (Å²) in [7, 11) is -0.622. The first-order valence-corrected chi connectivity index (χ1v) is 4.55. The van der Waals surface area contributed by atoms with E-state index >= 15 is 0 Å². The molecule has 11 heavy (non-hydrogen) atoms. The summed E-state index contributed by atoms with van der Waals surface area (Å²) in [5.74, 6) is 1.18. The van der Waals surface area contributed by atoms with Crippen LogP contribution in [-0.4, -0.2) is 20.5 Å². The molecule has 5 heteroatoms.